The number of anilines is 1. The van der Waals surface area contributed by atoms with Crippen molar-refractivity contribution in [3.63, 3.8) is 0 Å². The molecule has 1 amide bonds. The van der Waals surface area contributed by atoms with E-state index in [-0.39, 0.29) is 12.5 Å². The van der Waals surface area contributed by atoms with Crippen molar-refractivity contribution in [2.45, 2.75) is 26.4 Å². The number of aromatic nitrogens is 2. The molecule has 0 unspecified atom stereocenters. The zero-order valence-electron chi connectivity index (χ0n) is 16.8. The molecule has 0 radical (unpaired) electrons. The molecular weight excluding hydrogens is 368 g/mol. The molecule has 0 atom stereocenters. The first-order valence-corrected chi connectivity index (χ1v) is 9.68. The predicted molar refractivity (Wildman–Crippen MR) is 111 cm³/mol. The van der Waals surface area contributed by atoms with Gasteiger partial charge in [-0.25, -0.2) is 0 Å². The number of benzene rings is 2. The van der Waals surface area contributed by atoms with Crippen LogP contribution in [0.2, 0.25) is 0 Å². The van der Waals surface area contributed by atoms with Gasteiger partial charge in [-0.3, -0.25) is 4.79 Å². The van der Waals surface area contributed by atoms with Gasteiger partial charge in [0.15, 0.2) is 6.61 Å². The summed E-state index contributed by atoms with van der Waals surface area (Å²) in [6, 6.07) is 17.3. The molecule has 1 aromatic heterocycles. The number of ether oxygens (including phenoxy) is 1. The fraction of sp³-hybridized carbons (Fsp3) is 0.318. The smallest absolute Gasteiger partial charge is 0.251 e. The number of nitrogens with zero attached hydrogens (tertiary/aromatic N) is 3. The van der Waals surface area contributed by atoms with Gasteiger partial charge in [-0.1, -0.05) is 23.4 Å². The van der Waals surface area contributed by atoms with Crippen LogP contribution in [0.4, 0.5) is 5.69 Å². The van der Waals surface area contributed by atoms with Crippen molar-refractivity contribution in [3.05, 3.63) is 71.9 Å². The summed E-state index contributed by atoms with van der Waals surface area (Å²) in [6.45, 7) is 3.55. The van der Waals surface area contributed by atoms with E-state index in [1.54, 1.807) is 31.2 Å². The fourth-order valence-corrected chi connectivity index (χ4v) is 2.84. The number of aryl methyl sites for hydroxylation is 1. The second-order valence-electron chi connectivity index (χ2n) is 6.76. The van der Waals surface area contributed by atoms with E-state index in [1.807, 2.05) is 18.2 Å². The molecule has 3 rings (SSSR count). The number of amides is 1. The molecule has 152 valence electrons. The normalized spacial score (nSPS) is 10.6. The van der Waals surface area contributed by atoms with Gasteiger partial charge in [0.2, 0.25) is 11.7 Å². The van der Waals surface area contributed by atoms with E-state index in [0.717, 1.165) is 19.4 Å². The lowest BCUT2D eigenvalue weighted by Crippen LogP contribution is -2.25. The summed E-state index contributed by atoms with van der Waals surface area (Å²) in [5.41, 5.74) is 1.81. The molecule has 0 bridgehead atoms. The Balaban J connectivity index is 1.35. The van der Waals surface area contributed by atoms with Crippen LogP contribution in [0.25, 0.3) is 0 Å². The van der Waals surface area contributed by atoms with E-state index in [0.29, 0.717) is 29.6 Å². The van der Waals surface area contributed by atoms with Gasteiger partial charge in [-0.15, -0.1) is 0 Å². The molecule has 29 heavy (non-hydrogen) atoms. The van der Waals surface area contributed by atoms with E-state index < -0.39 is 0 Å². The number of hydrogen-bond donors (Lipinski definition) is 1. The van der Waals surface area contributed by atoms with Crippen LogP contribution in [0.1, 0.15) is 34.9 Å². The Hall–Kier alpha value is -3.35. The van der Waals surface area contributed by atoms with Gasteiger partial charge in [0.25, 0.3) is 5.91 Å². The molecule has 0 aliphatic rings. The maximum Gasteiger partial charge on any atom is 0.251 e. The minimum absolute atomic E-state index is 0.0817. The molecule has 0 saturated heterocycles. The molecule has 3 aromatic rings. The van der Waals surface area contributed by atoms with Crippen molar-refractivity contribution < 1.29 is 14.1 Å². The van der Waals surface area contributed by atoms with E-state index in [2.05, 4.69) is 39.5 Å². The molecule has 2 aromatic carbocycles. The number of para-hydroxylation sites is 1. The van der Waals surface area contributed by atoms with Gasteiger partial charge in [0, 0.05) is 38.3 Å². The fourth-order valence-electron chi connectivity index (χ4n) is 2.84. The predicted octanol–water partition coefficient (Wildman–Crippen LogP) is 3.60. The highest BCUT2D eigenvalue weighted by molar-refractivity contribution is 5.94. The average Bonchev–Trinajstić information content (AvgIpc) is 3.18. The largest absolute Gasteiger partial charge is 0.485 e. The van der Waals surface area contributed by atoms with Gasteiger partial charge in [-0.2, -0.15) is 4.98 Å². The van der Waals surface area contributed by atoms with Crippen molar-refractivity contribution in [1.82, 2.24) is 15.5 Å². The van der Waals surface area contributed by atoms with Crippen molar-refractivity contribution >= 4 is 11.6 Å². The Morgan fingerprint density at radius 2 is 1.86 bits per heavy atom. The van der Waals surface area contributed by atoms with Crippen LogP contribution in [-0.4, -0.2) is 36.2 Å². The SMILES string of the molecule is Cc1nc(COc2ccc(C(=O)NCCCCN(C)c3ccccc3)cc2)no1. The highest BCUT2D eigenvalue weighted by Crippen LogP contribution is 2.14. The Kier molecular flexibility index (Phi) is 7.22. The highest BCUT2D eigenvalue weighted by atomic mass is 16.5. The van der Waals surface area contributed by atoms with Gasteiger partial charge >= 0.3 is 0 Å². The van der Waals surface area contributed by atoms with Crippen LogP contribution in [-0.2, 0) is 6.61 Å². The Labute approximate surface area is 170 Å². The first kappa shape index (κ1) is 20.4. The van der Waals surface area contributed by atoms with Crippen molar-refractivity contribution in [3.8, 4) is 5.75 Å². The summed E-state index contributed by atoms with van der Waals surface area (Å²) >= 11 is 0. The molecule has 1 N–H and O–H groups in total. The summed E-state index contributed by atoms with van der Waals surface area (Å²) in [7, 11) is 2.08. The van der Waals surface area contributed by atoms with Crippen LogP contribution < -0.4 is 15.0 Å². The number of rotatable bonds is 10. The van der Waals surface area contributed by atoms with Gasteiger partial charge in [0.1, 0.15) is 5.75 Å². The highest BCUT2D eigenvalue weighted by Gasteiger charge is 2.07. The summed E-state index contributed by atoms with van der Waals surface area (Å²) in [5, 5.41) is 6.74. The summed E-state index contributed by atoms with van der Waals surface area (Å²) in [5.74, 6) is 1.55. The standard InChI is InChI=1S/C22H26N4O3/c1-17-24-21(25-29-17)16-28-20-12-10-18(11-13-20)22(27)23-14-6-7-15-26(2)19-8-4-3-5-9-19/h3-5,8-13H,6-7,14-16H2,1-2H3,(H,23,27). The second-order valence-corrected chi connectivity index (χ2v) is 6.76. The third-order valence-corrected chi connectivity index (χ3v) is 4.46. The number of hydrogen-bond acceptors (Lipinski definition) is 6. The second kappa shape index (κ2) is 10.3. The minimum atomic E-state index is -0.0817. The van der Waals surface area contributed by atoms with Crippen molar-refractivity contribution in [2.24, 2.45) is 0 Å². The maximum atomic E-state index is 12.3. The summed E-state index contributed by atoms with van der Waals surface area (Å²) < 4.78 is 10.5. The zero-order valence-corrected chi connectivity index (χ0v) is 16.8. The molecule has 7 nitrogen and oxygen atoms in total. The van der Waals surface area contributed by atoms with Crippen LogP contribution in [0.5, 0.6) is 5.75 Å². The lowest BCUT2D eigenvalue weighted by atomic mass is 10.2. The number of unbranched alkanes of at least 4 members (excludes halogenated alkanes) is 1. The molecule has 7 heteroatoms. The number of carbonyl (C=O) groups is 1. The Bertz CT molecular complexity index is 894. The lowest BCUT2D eigenvalue weighted by Gasteiger charge is -2.19. The minimum Gasteiger partial charge on any atom is -0.485 e. The molecule has 0 aliphatic carbocycles. The average molecular weight is 394 g/mol. The Morgan fingerprint density at radius 1 is 1.10 bits per heavy atom. The molecule has 0 saturated carbocycles. The number of carbonyl (C=O) groups excluding carboxylic acids is 1. The first-order valence-electron chi connectivity index (χ1n) is 9.68. The van der Waals surface area contributed by atoms with Crippen molar-refractivity contribution in [2.75, 3.05) is 25.0 Å². The van der Waals surface area contributed by atoms with Gasteiger partial charge in [-0.05, 0) is 49.2 Å². The molecular formula is C22H26N4O3. The van der Waals surface area contributed by atoms with Gasteiger partial charge < -0.3 is 19.5 Å². The van der Waals surface area contributed by atoms with Crippen LogP contribution in [0.15, 0.2) is 59.1 Å². The molecule has 0 fully saturated rings. The quantitative estimate of drug-likeness (QED) is 0.529. The van der Waals surface area contributed by atoms with Crippen LogP contribution >= 0.6 is 0 Å². The topological polar surface area (TPSA) is 80.5 Å². The monoisotopic (exact) mass is 394 g/mol. The molecule has 1 heterocycles. The Morgan fingerprint density at radius 3 is 2.55 bits per heavy atom. The first-order chi connectivity index (χ1) is 14.1. The van der Waals surface area contributed by atoms with E-state index in [9.17, 15) is 4.79 Å². The van der Waals surface area contributed by atoms with E-state index in [4.69, 9.17) is 9.26 Å². The summed E-state index contributed by atoms with van der Waals surface area (Å²) in [4.78, 5) is 18.6. The number of nitrogens with one attached hydrogen (secondary N) is 1. The maximum absolute atomic E-state index is 12.3. The van der Waals surface area contributed by atoms with E-state index in [1.165, 1.54) is 5.69 Å². The van der Waals surface area contributed by atoms with Crippen molar-refractivity contribution in [1.29, 1.82) is 0 Å². The third kappa shape index (κ3) is 6.34. The lowest BCUT2D eigenvalue weighted by molar-refractivity contribution is 0.0953. The van der Waals surface area contributed by atoms with E-state index >= 15 is 0 Å². The van der Waals surface area contributed by atoms with Crippen LogP contribution in [0, 0.1) is 6.92 Å². The van der Waals surface area contributed by atoms with Gasteiger partial charge in [0.05, 0.1) is 0 Å². The third-order valence-electron chi connectivity index (χ3n) is 4.46. The molecule has 0 aliphatic heterocycles. The summed E-state index contributed by atoms with van der Waals surface area (Å²) in [6.07, 6.45) is 1.93. The zero-order chi connectivity index (χ0) is 20.5. The molecule has 0 spiro atoms. The van der Waals surface area contributed by atoms with Crippen LogP contribution in [0.3, 0.4) is 0 Å².